The van der Waals surface area contributed by atoms with E-state index < -0.39 is 6.10 Å². The third-order valence-electron chi connectivity index (χ3n) is 4.12. The van der Waals surface area contributed by atoms with Gasteiger partial charge in [0.25, 0.3) is 5.91 Å². The van der Waals surface area contributed by atoms with Crippen LogP contribution in [0.25, 0.3) is 0 Å². The fourth-order valence-electron chi connectivity index (χ4n) is 2.81. The number of aliphatic hydroxyl groups is 1. The molecule has 0 unspecified atom stereocenters. The number of carbonyl (C=O) groups is 1. The van der Waals surface area contributed by atoms with Gasteiger partial charge in [0.05, 0.1) is 17.8 Å². The van der Waals surface area contributed by atoms with Crippen molar-refractivity contribution in [2.45, 2.75) is 44.6 Å². The van der Waals surface area contributed by atoms with Gasteiger partial charge in [-0.25, -0.2) is 0 Å². The predicted molar refractivity (Wildman–Crippen MR) is 85.3 cm³/mol. The molecule has 0 saturated heterocycles. The first kappa shape index (κ1) is 15.6. The van der Waals surface area contributed by atoms with Gasteiger partial charge >= 0.3 is 0 Å². The Bertz CT molecular complexity index is 656. The molecule has 1 saturated carbocycles. The lowest BCUT2D eigenvalue weighted by Gasteiger charge is -2.21. The van der Waals surface area contributed by atoms with Crippen LogP contribution in [-0.4, -0.2) is 39.0 Å². The van der Waals surface area contributed by atoms with Crippen LogP contribution in [0.4, 0.5) is 0 Å². The molecule has 0 spiro atoms. The fraction of sp³-hybridized carbons (Fsp3) is 0.412. The van der Waals surface area contributed by atoms with E-state index in [1.807, 2.05) is 37.3 Å². The van der Waals surface area contributed by atoms with Gasteiger partial charge in [0.15, 0.2) is 0 Å². The fourth-order valence-corrected chi connectivity index (χ4v) is 2.81. The van der Waals surface area contributed by atoms with E-state index in [1.54, 1.807) is 10.9 Å². The molecule has 1 amide bonds. The van der Waals surface area contributed by atoms with E-state index in [-0.39, 0.29) is 18.1 Å². The number of benzene rings is 1. The highest BCUT2D eigenvalue weighted by molar-refractivity contribution is 5.93. The van der Waals surface area contributed by atoms with Crippen LogP contribution >= 0.6 is 0 Å². The average molecular weight is 315 g/mol. The number of nitrogens with one attached hydrogen (secondary N) is 1. The highest BCUT2D eigenvalue weighted by atomic mass is 16.5. The van der Waals surface area contributed by atoms with Crippen molar-refractivity contribution < 1.29 is 14.6 Å². The Kier molecular flexibility index (Phi) is 4.62. The number of amides is 1. The molecule has 0 radical (unpaired) electrons. The second-order valence-electron chi connectivity index (χ2n) is 5.70. The second kappa shape index (κ2) is 6.83. The third kappa shape index (κ3) is 3.53. The minimum absolute atomic E-state index is 0.214. The number of ether oxygens (including phenoxy) is 1. The van der Waals surface area contributed by atoms with Crippen LogP contribution < -0.4 is 10.1 Å². The van der Waals surface area contributed by atoms with Crippen LogP contribution in [-0.2, 0) is 6.54 Å². The Morgan fingerprint density at radius 1 is 1.39 bits per heavy atom. The minimum Gasteiger partial charge on any atom is -0.488 e. The first-order valence-corrected chi connectivity index (χ1v) is 7.90. The lowest BCUT2D eigenvalue weighted by molar-refractivity contribution is 0.0434. The lowest BCUT2D eigenvalue weighted by atomic mass is 10.2. The Morgan fingerprint density at radius 2 is 2.17 bits per heavy atom. The quantitative estimate of drug-likeness (QED) is 0.879. The first-order chi connectivity index (χ1) is 11.2. The summed E-state index contributed by atoms with van der Waals surface area (Å²) in [5, 5.41) is 17.4. The average Bonchev–Trinajstić information content (AvgIpc) is 3.18. The van der Waals surface area contributed by atoms with Crippen molar-refractivity contribution in [2.75, 3.05) is 0 Å². The topological polar surface area (TPSA) is 76.4 Å². The predicted octanol–water partition coefficient (Wildman–Crippen LogP) is 1.60. The van der Waals surface area contributed by atoms with Gasteiger partial charge in [-0.1, -0.05) is 18.2 Å². The summed E-state index contributed by atoms with van der Waals surface area (Å²) in [6, 6.07) is 9.11. The highest BCUT2D eigenvalue weighted by Crippen LogP contribution is 2.25. The zero-order chi connectivity index (χ0) is 16.2. The maximum absolute atomic E-state index is 12.2. The van der Waals surface area contributed by atoms with Crippen molar-refractivity contribution in [1.82, 2.24) is 15.1 Å². The summed E-state index contributed by atoms with van der Waals surface area (Å²) in [7, 11) is 0. The second-order valence-corrected chi connectivity index (χ2v) is 5.70. The van der Waals surface area contributed by atoms with Crippen LogP contribution in [0.3, 0.4) is 0 Å². The standard InChI is InChI=1S/C17H21N3O3/c1-2-20-11-12(10-18-20)17(22)19-14-8-9-15(16(14)21)23-13-6-4-3-5-7-13/h3-7,10-11,14-16,21H,2,8-9H2,1H3,(H,19,22)/t14-,15-,16-/m1/s1. The van der Waals surface area contributed by atoms with E-state index in [0.717, 1.165) is 5.75 Å². The largest absolute Gasteiger partial charge is 0.488 e. The Balaban J connectivity index is 1.58. The molecule has 1 aromatic heterocycles. The van der Waals surface area contributed by atoms with Gasteiger partial charge in [-0.05, 0) is 31.9 Å². The Morgan fingerprint density at radius 3 is 2.87 bits per heavy atom. The normalized spacial score (nSPS) is 23.7. The molecule has 3 rings (SSSR count). The molecule has 1 aliphatic rings. The summed E-state index contributed by atoms with van der Waals surface area (Å²) >= 11 is 0. The van der Waals surface area contributed by atoms with Crippen LogP contribution in [0.15, 0.2) is 42.7 Å². The SMILES string of the molecule is CCn1cc(C(=O)N[C@@H]2CC[C@@H](Oc3ccccc3)[C@@H]2O)cn1. The van der Waals surface area contributed by atoms with E-state index in [2.05, 4.69) is 10.4 Å². The van der Waals surface area contributed by atoms with Crippen LogP contribution in [0.5, 0.6) is 5.75 Å². The van der Waals surface area contributed by atoms with Crippen molar-refractivity contribution >= 4 is 5.91 Å². The van der Waals surface area contributed by atoms with E-state index in [1.165, 1.54) is 6.20 Å². The third-order valence-corrected chi connectivity index (χ3v) is 4.12. The summed E-state index contributed by atoms with van der Waals surface area (Å²) in [6.45, 7) is 2.67. The Labute approximate surface area is 135 Å². The van der Waals surface area contributed by atoms with Gasteiger partial charge in [0.2, 0.25) is 0 Å². The summed E-state index contributed by atoms with van der Waals surface area (Å²) in [6.07, 6.45) is 3.61. The number of hydrogen-bond acceptors (Lipinski definition) is 4. The number of aliphatic hydroxyl groups excluding tert-OH is 1. The molecule has 6 heteroatoms. The van der Waals surface area contributed by atoms with Crippen LogP contribution in [0.1, 0.15) is 30.1 Å². The molecule has 2 aromatic rings. The monoisotopic (exact) mass is 315 g/mol. The minimum atomic E-state index is -0.722. The summed E-state index contributed by atoms with van der Waals surface area (Å²) in [5.74, 6) is 0.516. The van der Waals surface area contributed by atoms with Gasteiger partial charge < -0.3 is 15.2 Å². The molecule has 23 heavy (non-hydrogen) atoms. The summed E-state index contributed by atoms with van der Waals surface area (Å²) in [5.41, 5.74) is 0.506. The number of nitrogens with zero attached hydrogens (tertiary/aromatic N) is 2. The first-order valence-electron chi connectivity index (χ1n) is 7.90. The number of carbonyl (C=O) groups excluding carboxylic acids is 1. The van der Waals surface area contributed by atoms with E-state index >= 15 is 0 Å². The lowest BCUT2D eigenvalue weighted by Crippen LogP contribution is -2.44. The van der Waals surface area contributed by atoms with Crippen molar-refractivity contribution in [3.8, 4) is 5.75 Å². The molecule has 122 valence electrons. The molecular formula is C17H21N3O3. The molecule has 2 N–H and O–H groups in total. The number of aromatic nitrogens is 2. The summed E-state index contributed by atoms with van der Waals surface area (Å²) in [4.78, 5) is 12.2. The van der Waals surface area contributed by atoms with Crippen molar-refractivity contribution in [2.24, 2.45) is 0 Å². The molecule has 0 bridgehead atoms. The molecular weight excluding hydrogens is 294 g/mol. The van der Waals surface area contributed by atoms with Crippen LogP contribution in [0, 0.1) is 0 Å². The molecule has 0 aliphatic heterocycles. The zero-order valence-corrected chi connectivity index (χ0v) is 13.1. The molecule has 6 nitrogen and oxygen atoms in total. The Hall–Kier alpha value is -2.34. The number of para-hydroxylation sites is 1. The number of hydrogen-bond donors (Lipinski definition) is 2. The van der Waals surface area contributed by atoms with Gasteiger partial charge in [-0.15, -0.1) is 0 Å². The maximum Gasteiger partial charge on any atom is 0.254 e. The van der Waals surface area contributed by atoms with E-state index in [4.69, 9.17) is 4.74 Å². The van der Waals surface area contributed by atoms with Gasteiger partial charge in [0.1, 0.15) is 18.0 Å². The van der Waals surface area contributed by atoms with Crippen molar-refractivity contribution in [1.29, 1.82) is 0 Å². The highest BCUT2D eigenvalue weighted by Gasteiger charge is 2.37. The molecule has 3 atom stereocenters. The van der Waals surface area contributed by atoms with E-state index in [9.17, 15) is 9.90 Å². The smallest absolute Gasteiger partial charge is 0.254 e. The number of rotatable bonds is 5. The maximum atomic E-state index is 12.2. The van der Waals surface area contributed by atoms with E-state index in [0.29, 0.717) is 24.9 Å². The molecule has 1 heterocycles. The molecule has 1 aliphatic carbocycles. The van der Waals surface area contributed by atoms with Gasteiger partial charge in [-0.3, -0.25) is 9.48 Å². The molecule has 1 aromatic carbocycles. The van der Waals surface area contributed by atoms with Crippen LogP contribution in [0.2, 0.25) is 0 Å². The zero-order valence-electron chi connectivity index (χ0n) is 13.1. The van der Waals surface area contributed by atoms with Crippen molar-refractivity contribution in [3.63, 3.8) is 0 Å². The molecule has 1 fully saturated rings. The van der Waals surface area contributed by atoms with Crippen molar-refractivity contribution in [3.05, 3.63) is 48.3 Å². The number of aryl methyl sites for hydroxylation is 1. The van der Waals surface area contributed by atoms with Gasteiger partial charge in [0, 0.05) is 12.7 Å². The van der Waals surface area contributed by atoms with Gasteiger partial charge in [-0.2, -0.15) is 5.10 Å². The summed E-state index contributed by atoms with van der Waals surface area (Å²) < 4.78 is 7.50.